The van der Waals surface area contributed by atoms with E-state index in [1.807, 2.05) is 19.1 Å². The minimum absolute atomic E-state index is 0.0561. The zero-order chi connectivity index (χ0) is 19.6. The van der Waals surface area contributed by atoms with Crippen molar-refractivity contribution >= 4 is 23.5 Å². The number of allylic oxidation sites excluding steroid dienone is 2. The molecule has 0 aliphatic heterocycles. The second kappa shape index (κ2) is 6.26. The van der Waals surface area contributed by atoms with Gasteiger partial charge in [0.05, 0.1) is 5.92 Å². The van der Waals surface area contributed by atoms with Gasteiger partial charge in [-0.3, -0.25) is 14.4 Å². The fraction of sp³-hybridized carbons (Fsp3) is 0.727. The highest BCUT2D eigenvalue weighted by atomic mass is 16.6. The van der Waals surface area contributed by atoms with E-state index in [0.29, 0.717) is 6.42 Å². The number of carbonyl (C=O) groups excluding carboxylic acids is 4. The predicted octanol–water partition coefficient (Wildman–Crippen LogP) is 2.25. The van der Waals surface area contributed by atoms with Gasteiger partial charge in [0, 0.05) is 23.7 Å². The van der Waals surface area contributed by atoms with Gasteiger partial charge in [-0.1, -0.05) is 18.6 Å². The molecule has 7 unspecified atom stereocenters. The van der Waals surface area contributed by atoms with E-state index in [9.17, 15) is 19.2 Å². The number of carbonyl (C=O) groups is 4. The molecule has 0 amide bonds. The van der Waals surface area contributed by atoms with Crippen LogP contribution in [0.4, 0.5) is 0 Å². The zero-order valence-corrected chi connectivity index (χ0v) is 16.1. The van der Waals surface area contributed by atoms with E-state index < -0.39 is 36.0 Å². The van der Waals surface area contributed by atoms with Gasteiger partial charge in [0.15, 0.2) is 6.61 Å². The normalized spacial score (nSPS) is 42.0. The molecule has 5 rings (SSSR count). The van der Waals surface area contributed by atoms with Crippen LogP contribution >= 0.6 is 0 Å². The summed E-state index contributed by atoms with van der Waals surface area (Å²) in [6.45, 7) is 1.52. The van der Waals surface area contributed by atoms with E-state index in [2.05, 4.69) is 0 Å². The van der Waals surface area contributed by atoms with Crippen LogP contribution in [0.3, 0.4) is 0 Å². The van der Waals surface area contributed by atoms with Gasteiger partial charge in [-0.05, 0) is 50.9 Å². The maximum absolute atomic E-state index is 12.7. The van der Waals surface area contributed by atoms with Crippen molar-refractivity contribution in [1.82, 2.24) is 0 Å². The monoisotopic (exact) mass is 386 g/mol. The standard InChI is InChI=1S/C22H26O6/c1-22(7-3-2-4-8-22)28-15(23)10-27-21(26)14-9-13-16-11-5-6-12(19(11)24)17(16)18(14)20(13)25/h5-6,11-14,16-18H,2-4,7-10H2,1H3. The number of ether oxygens (including phenoxy) is 2. The van der Waals surface area contributed by atoms with Gasteiger partial charge in [0.2, 0.25) is 0 Å². The van der Waals surface area contributed by atoms with Crippen LogP contribution < -0.4 is 0 Å². The topological polar surface area (TPSA) is 86.7 Å². The molecule has 28 heavy (non-hydrogen) atoms. The van der Waals surface area contributed by atoms with Gasteiger partial charge in [0.1, 0.15) is 17.2 Å². The highest BCUT2D eigenvalue weighted by molar-refractivity contribution is 6.01. The second-order valence-electron chi connectivity index (χ2n) is 9.46. The van der Waals surface area contributed by atoms with Crippen LogP contribution in [0.15, 0.2) is 12.2 Å². The van der Waals surface area contributed by atoms with Gasteiger partial charge >= 0.3 is 11.9 Å². The summed E-state index contributed by atoms with van der Waals surface area (Å²) in [5.41, 5.74) is -0.465. The Morgan fingerprint density at radius 1 is 1.04 bits per heavy atom. The van der Waals surface area contributed by atoms with Crippen molar-refractivity contribution in [2.24, 2.45) is 41.4 Å². The summed E-state index contributed by atoms with van der Waals surface area (Å²) in [6.07, 6.45) is 9.19. The molecule has 4 fully saturated rings. The first-order valence-electron chi connectivity index (χ1n) is 10.5. The summed E-state index contributed by atoms with van der Waals surface area (Å²) in [6, 6.07) is 0. The van der Waals surface area contributed by atoms with E-state index in [0.717, 1.165) is 32.1 Å². The van der Waals surface area contributed by atoms with Crippen LogP contribution in [0.25, 0.3) is 0 Å². The fourth-order valence-corrected chi connectivity index (χ4v) is 6.72. The lowest BCUT2D eigenvalue weighted by molar-refractivity contribution is -0.173. The summed E-state index contributed by atoms with van der Waals surface area (Å²) < 4.78 is 10.8. The third-order valence-corrected chi connectivity index (χ3v) is 7.88. The van der Waals surface area contributed by atoms with Crippen LogP contribution in [0.1, 0.15) is 45.4 Å². The Kier molecular flexibility index (Phi) is 4.04. The Morgan fingerprint density at radius 3 is 2.43 bits per heavy atom. The molecule has 0 aromatic heterocycles. The molecule has 6 heteroatoms. The molecule has 0 aromatic rings. The smallest absolute Gasteiger partial charge is 0.344 e. The van der Waals surface area contributed by atoms with Crippen LogP contribution in [-0.2, 0) is 28.7 Å². The molecule has 150 valence electrons. The maximum atomic E-state index is 12.7. The Hall–Kier alpha value is -1.98. The summed E-state index contributed by atoms with van der Waals surface area (Å²) in [5, 5.41) is 0. The molecular formula is C22H26O6. The first-order valence-corrected chi connectivity index (χ1v) is 10.5. The second-order valence-corrected chi connectivity index (χ2v) is 9.46. The van der Waals surface area contributed by atoms with Crippen molar-refractivity contribution in [1.29, 1.82) is 0 Å². The number of hydrogen-bond donors (Lipinski definition) is 0. The van der Waals surface area contributed by atoms with Gasteiger partial charge in [0.25, 0.3) is 0 Å². The number of Topliss-reactive ketones (excluding diaryl/α,β-unsaturated/α-hetero) is 2. The lowest BCUT2D eigenvalue weighted by atomic mass is 9.69. The molecule has 4 bridgehead atoms. The molecule has 5 aliphatic rings. The maximum Gasteiger partial charge on any atom is 0.344 e. The number of rotatable bonds is 4. The van der Waals surface area contributed by atoms with Crippen LogP contribution in [0, 0.1) is 41.4 Å². The van der Waals surface area contributed by atoms with Gasteiger partial charge in [-0.25, -0.2) is 4.79 Å². The molecule has 5 aliphatic carbocycles. The molecule has 0 radical (unpaired) electrons. The fourth-order valence-electron chi connectivity index (χ4n) is 6.72. The number of ketones is 2. The molecule has 0 heterocycles. The van der Waals surface area contributed by atoms with Crippen molar-refractivity contribution in [3.63, 3.8) is 0 Å². The first-order chi connectivity index (χ1) is 13.4. The number of esters is 2. The zero-order valence-electron chi connectivity index (χ0n) is 16.1. The Morgan fingerprint density at radius 2 is 1.71 bits per heavy atom. The van der Waals surface area contributed by atoms with Crippen LogP contribution in [0.2, 0.25) is 0 Å². The van der Waals surface area contributed by atoms with Crippen molar-refractivity contribution in [3.8, 4) is 0 Å². The predicted molar refractivity (Wildman–Crippen MR) is 96.7 cm³/mol. The molecule has 0 N–H and O–H groups in total. The molecule has 6 nitrogen and oxygen atoms in total. The third kappa shape index (κ3) is 2.52. The molecular weight excluding hydrogens is 360 g/mol. The molecule has 0 aromatic carbocycles. The molecule has 0 saturated heterocycles. The molecule has 0 spiro atoms. The summed E-state index contributed by atoms with van der Waals surface area (Å²) in [4.78, 5) is 49.9. The highest BCUT2D eigenvalue weighted by Crippen LogP contribution is 2.64. The van der Waals surface area contributed by atoms with Gasteiger partial charge in [-0.15, -0.1) is 0 Å². The lowest BCUT2D eigenvalue weighted by Crippen LogP contribution is -2.38. The Balaban J connectivity index is 1.20. The first kappa shape index (κ1) is 18.1. The average Bonchev–Trinajstić information content (AvgIpc) is 3.36. The van der Waals surface area contributed by atoms with Crippen molar-refractivity contribution in [2.75, 3.05) is 6.61 Å². The number of hydrogen-bond acceptors (Lipinski definition) is 6. The third-order valence-electron chi connectivity index (χ3n) is 7.88. The van der Waals surface area contributed by atoms with Crippen molar-refractivity contribution < 1.29 is 28.7 Å². The molecule has 7 atom stereocenters. The van der Waals surface area contributed by atoms with E-state index in [1.54, 1.807) is 0 Å². The number of fused-ring (bicyclic) bond motifs is 9. The Labute approximate surface area is 164 Å². The van der Waals surface area contributed by atoms with Gasteiger partial charge in [-0.2, -0.15) is 0 Å². The quantitative estimate of drug-likeness (QED) is 0.418. The van der Waals surface area contributed by atoms with Crippen molar-refractivity contribution in [3.05, 3.63) is 12.2 Å². The minimum atomic E-state index is -0.530. The largest absolute Gasteiger partial charge is 0.457 e. The van der Waals surface area contributed by atoms with E-state index in [-0.39, 0.29) is 41.2 Å². The van der Waals surface area contributed by atoms with Crippen molar-refractivity contribution in [2.45, 2.75) is 51.0 Å². The van der Waals surface area contributed by atoms with Gasteiger partial charge < -0.3 is 9.47 Å². The lowest BCUT2D eigenvalue weighted by Gasteiger charge is -2.34. The van der Waals surface area contributed by atoms with Crippen LogP contribution in [-0.4, -0.2) is 35.7 Å². The highest BCUT2D eigenvalue weighted by Gasteiger charge is 2.69. The van der Waals surface area contributed by atoms with E-state index in [1.165, 1.54) is 0 Å². The Bertz CT molecular complexity index is 776. The summed E-state index contributed by atoms with van der Waals surface area (Å²) in [5.74, 6) is -2.23. The summed E-state index contributed by atoms with van der Waals surface area (Å²) in [7, 11) is 0. The average molecular weight is 386 g/mol. The minimum Gasteiger partial charge on any atom is -0.457 e. The SMILES string of the molecule is CC1(OC(=O)COC(=O)C2CC3C(=O)C2C2C4C=CC(C4=O)C32)CCCCC1. The summed E-state index contributed by atoms with van der Waals surface area (Å²) >= 11 is 0. The van der Waals surface area contributed by atoms with Crippen LogP contribution in [0.5, 0.6) is 0 Å². The van der Waals surface area contributed by atoms with E-state index in [4.69, 9.17) is 9.47 Å². The molecule has 4 saturated carbocycles. The van der Waals surface area contributed by atoms with E-state index >= 15 is 0 Å².